The highest BCUT2D eigenvalue weighted by atomic mass is 16.2. The Bertz CT molecular complexity index is 1500. The molecule has 3 aromatic heterocycles. The van der Waals surface area contributed by atoms with Crippen molar-refractivity contribution in [3.8, 4) is 28.5 Å². The molecule has 5 rings (SSSR count). The van der Waals surface area contributed by atoms with Crippen LogP contribution in [0.1, 0.15) is 33.9 Å². The van der Waals surface area contributed by atoms with Crippen LogP contribution >= 0.6 is 0 Å². The number of benzene rings is 1. The summed E-state index contributed by atoms with van der Waals surface area (Å²) in [6.07, 6.45) is 2.12. The molecule has 9 nitrogen and oxygen atoms in total. The molecule has 1 fully saturated rings. The number of pyridine rings is 1. The summed E-state index contributed by atoms with van der Waals surface area (Å²) in [6.45, 7) is 4.80. The Morgan fingerprint density at radius 2 is 1.97 bits per heavy atom. The van der Waals surface area contributed by atoms with Gasteiger partial charge < -0.3 is 10.6 Å². The van der Waals surface area contributed by atoms with Crippen molar-refractivity contribution in [2.24, 2.45) is 5.92 Å². The molecule has 174 valence electrons. The number of rotatable bonds is 5. The van der Waals surface area contributed by atoms with Crippen molar-refractivity contribution in [3.63, 3.8) is 0 Å². The van der Waals surface area contributed by atoms with Gasteiger partial charge in [0.15, 0.2) is 5.65 Å². The molecule has 9 heteroatoms. The largest absolute Gasteiger partial charge is 0.356 e. The number of amides is 2. The van der Waals surface area contributed by atoms with Crippen LogP contribution < -0.4 is 10.6 Å². The highest BCUT2D eigenvalue weighted by molar-refractivity contribution is 5.95. The van der Waals surface area contributed by atoms with Gasteiger partial charge in [0.25, 0.3) is 5.91 Å². The molecule has 1 aromatic carbocycles. The maximum absolute atomic E-state index is 12.9. The molecule has 2 N–H and O–H groups in total. The number of nitrogens with one attached hydrogen (secondary N) is 2. The quantitative estimate of drug-likeness (QED) is 0.467. The summed E-state index contributed by atoms with van der Waals surface area (Å²) in [7, 11) is 0. The van der Waals surface area contributed by atoms with Gasteiger partial charge in [0.2, 0.25) is 5.91 Å². The van der Waals surface area contributed by atoms with E-state index in [0.29, 0.717) is 36.4 Å². The Labute approximate surface area is 201 Å². The molecule has 0 saturated carbocycles. The maximum Gasteiger partial charge on any atom is 0.270 e. The third-order valence-electron chi connectivity index (χ3n) is 5.97. The predicted molar refractivity (Wildman–Crippen MR) is 129 cm³/mol. The van der Waals surface area contributed by atoms with E-state index in [1.54, 1.807) is 28.9 Å². The van der Waals surface area contributed by atoms with E-state index in [-0.39, 0.29) is 23.4 Å². The van der Waals surface area contributed by atoms with E-state index in [1.165, 1.54) is 0 Å². The molecule has 4 heterocycles. The number of aromatic nitrogens is 4. The molecule has 1 saturated heterocycles. The summed E-state index contributed by atoms with van der Waals surface area (Å²) in [5, 5.41) is 19.8. The topological polar surface area (TPSA) is 125 Å². The fourth-order valence-corrected chi connectivity index (χ4v) is 4.38. The Morgan fingerprint density at radius 1 is 1.17 bits per heavy atom. The third kappa shape index (κ3) is 4.46. The van der Waals surface area contributed by atoms with Crippen molar-refractivity contribution in [1.29, 1.82) is 5.26 Å². The van der Waals surface area contributed by atoms with Crippen molar-refractivity contribution < 1.29 is 9.59 Å². The summed E-state index contributed by atoms with van der Waals surface area (Å²) < 4.78 is 1.64. The van der Waals surface area contributed by atoms with Crippen molar-refractivity contribution in [2.75, 3.05) is 13.1 Å². The fourth-order valence-electron chi connectivity index (χ4n) is 4.38. The van der Waals surface area contributed by atoms with Crippen molar-refractivity contribution >= 4 is 17.5 Å². The molecule has 0 bridgehead atoms. The number of fused-ring (bicyclic) bond motifs is 1. The van der Waals surface area contributed by atoms with Crippen LogP contribution in [-0.4, -0.2) is 44.5 Å². The van der Waals surface area contributed by atoms with Crippen LogP contribution in [0.4, 0.5) is 0 Å². The van der Waals surface area contributed by atoms with Gasteiger partial charge in [-0.25, -0.2) is 9.50 Å². The monoisotopic (exact) mass is 465 g/mol. The van der Waals surface area contributed by atoms with Gasteiger partial charge in [-0.2, -0.15) is 10.4 Å². The molecular weight excluding hydrogens is 442 g/mol. The Hall–Kier alpha value is -4.58. The third-order valence-corrected chi connectivity index (χ3v) is 5.97. The van der Waals surface area contributed by atoms with Crippen LogP contribution in [0.5, 0.6) is 0 Å². The molecular formula is C26H23N7O2. The minimum atomic E-state index is -0.311. The minimum absolute atomic E-state index is 0.00336. The number of carbonyl (C=O) groups is 2. The molecule has 2 amide bonds. The van der Waals surface area contributed by atoms with Crippen LogP contribution in [0.3, 0.4) is 0 Å². The van der Waals surface area contributed by atoms with Gasteiger partial charge in [0, 0.05) is 48.6 Å². The van der Waals surface area contributed by atoms with Gasteiger partial charge in [-0.05, 0) is 49.7 Å². The van der Waals surface area contributed by atoms with E-state index in [4.69, 9.17) is 5.10 Å². The zero-order chi connectivity index (χ0) is 24.5. The number of carbonyl (C=O) groups excluding carboxylic acids is 2. The van der Waals surface area contributed by atoms with E-state index >= 15 is 0 Å². The van der Waals surface area contributed by atoms with Crippen LogP contribution in [0.2, 0.25) is 0 Å². The van der Waals surface area contributed by atoms with Crippen molar-refractivity contribution in [1.82, 2.24) is 30.2 Å². The van der Waals surface area contributed by atoms with E-state index in [9.17, 15) is 14.9 Å². The van der Waals surface area contributed by atoms with E-state index in [2.05, 4.69) is 26.7 Å². The molecule has 1 aliphatic rings. The van der Waals surface area contributed by atoms with Gasteiger partial charge in [0.05, 0.1) is 17.2 Å². The standard InChI is InChI=1S/C26H23N7O2/c1-15-8-20(9-16(2)30-15)23-24(19-5-3-4-17(10-19)12-27)32-33-7-6-21(31-25(23)33)26(35)29-14-18-11-22(34)28-13-18/h3-10,18H,11,13-14H2,1-2H3,(H,28,34)(H,29,35). The molecule has 0 aliphatic carbocycles. The summed E-state index contributed by atoms with van der Waals surface area (Å²) in [6, 6.07) is 15.0. The Kier molecular flexibility index (Phi) is 5.71. The molecule has 0 radical (unpaired) electrons. The first kappa shape index (κ1) is 22.2. The van der Waals surface area contributed by atoms with Gasteiger partial charge in [-0.1, -0.05) is 12.1 Å². The zero-order valence-electron chi connectivity index (χ0n) is 19.4. The maximum atomic E-state index is 12.9. The predicted octanol–water partition coefficient (Wildman–Crippen LogP) is 2.81. The molecule has 1 aliphatic heterocycles. The second-order valence-electron chi connectivity index (χ2n) is 8.72. The van der Waals surface area contributed by atoms with Crippen LogP contribution in [0.25, 0.3) is 28.0 Å². The van der Waals surface area contributed by atoms with Gasteiger partial charge in [-0.15, -0.1) is 0 Å². The first-order chi connectivity index (χ1) is 16.9. The molecule has 1 atom stereocenters. The first-order valence-corrected chi connectivity index (χ1v) is 11.3. The van der Waals surface area contributed by atoms with E-state index in [1.807, 2.05) is 38.1 Å². The highest BCUT2D eigenvalue weighted by Crippen LogP contribution is 2.35. The van der Waals surface area contributed by atoms with Crippen LogP contribution in [-0.2, 0) is 4.79 Å². The molecule has 35 heavy (non-hydrogen) atoms. The van der Waals surface area contributed by atoms with Crippen LogP contribution in [0.15, 0.2) is 48.7 Å². The number of nitrogens with zero attached hydrogens (tertiary/aromatic N) is 5. The Balaban J connectivity index is 1.60. The second-order valence-corrected chi connectivity index (χ2v) is 8.72. The van der Waals surface area contributed by atoms with Crippen molar-refractivity contribution in [3.05, 3.63) is 71.3 Å². The zero-order valence-corrected chi connectivity index (χ0v) is 19.4. The smallest absolute Gasteiger partial charge is 0.270 e. The lowest BCUT2D eigenvalue weighted by molar-refractivity contribution is -0.119. The number of aryl methyl sites for hydroxylation is 2. The highest BCUT2D eigenvalue weighted by Gasteiger charge is 2.23. The van der Waals surface area contributed by atoms with Crippen LogP contribution in [0, 0.1) is 31.1 Å². The lowest BCUT2D eigenvalue weighted by Gasteiger charge is -2.09. The second kappa shape index (κ2) is 8.99. The number of hydrogen-bond donors (Lipinski definition) is 2. The summed E-state index contributed by atoms with van der Waals surface area (Å²) in [5.74, 6) is -0.236. The number of hydrogen-bond acceptors (Lipinski definition) is 6. The number of nitriles is 1. The van der Waals surface area contributed by atoms with Gasteiger partial charge >= 0.3 is 0 Å². The molecule has 1 unspecified atom stereocenters. The normalized spacial score (nSPS) is 15.1. The lowest BCUT2D eigenvalue weighted by Crippen LogP contribution is -2.30. The summed E-state index contributed by atoms with van der Waals surface area (Å²) in [4.78, 5) is 33.5. The minimum Gasteiger partial charge on any atom is -0.356 e. The Morgan fingerprint density at radius 3 is 2.69 bits per heavy atom. The summed E-state index contributed by atoms with van der Waals surface area (Å²) >= 11 is 0. The van der Waals surface area contributed by atoms with E-state index in [0.717, 1.165) is 28.1 Å². The average Bonchev–Trinajstić information content (AvgIpc) is 3.44. The first-order valence-electron chi connectivity index (χ1n) is 11.3. The average molecular weight is 466 g/mol. The summed E-state index contributed by atoms with van der Waals surface area (Å²) in [5.41, 5.74) is 6.09. The van der Waals surface area contributed by atoms with Gasteiger partial charge in [0.1, 0.15) is 11.4 Å². The van der Waals surface area contributed by atoms with Crippen molar-refractivity contribution in [2.45, 2.75) is 20.3 Å². The molecule has 4 aromatic rings. The molecule has 0 spiro atoms. The van der Waals surface area contributed by atoms with Gasteiger partial charge in [-0.3, -0.25) is 14.6 Å². The fraction of sp³-hybridized carbons (Fsp3) is 0.231. The SMILES string of the molecule is Cc1cc(-c2c(-c3cccc(C#N)c3)nn3ccc(C(=O)NCC4CNC(=O)C4)nc23)cc(C)n1. The lowest BCUT2D eigenvalue weighted by atomic mass is 9.99. The van der Waals surface area contributed by atoms with E-state index < -0.39 is 0 Å².